The molecule has 1 aliphatic rings. The Morgan fingerprint density at radius 2 is 1.63 bits per heavy atom. The SMILES string of the molecule is CC(C)OCCC(C)(C)COOC(C)CC1(C)OC1(C)OCCC(C)(C)O. The molecule has 0 bridgehead atoms. The van der Waals surface area contributed by atoms with Gasteiger partial charge in [0.1, 0.15) is 5.60 Å². The molecule has 0 radical (unpaired) electrons. The van der Waals surface area contributed by atoms with E-state index in [1.807, 2.05) is 34.6 Å². The molecule has 3 atom stereocenters. The third-order valence-electron chi connectivity index (χ3n) is 5.02. The van der Waals surface area contributed by atoms with Crippen LogP contribution in [0.2, 0.25) is 0 Å². The average Bonchev–Trinajstić information content (AvgIpc) is 2.96. The van der Waals surface area contributed by atoms with E-state index in [1.54, 1.807) is 13.8 Å². The maximum atomic E-state index is 9.79. The van der Waals surface area contributed by atoms with Gasteiger partial charge in [-0.2, -0.15) is 0 Å². The zero-order valence-electron chi connectivity index (χ0n) is 18.9. The highest BCUT2D eigenvalue weighted by atomic mass is 17.2. The summed E-state index contributed by atoms with van der Waals surface area (Å²) < 4.78 is 17.3. The lowest BCUT2D eigenvalue weighted by Gasteiger charge is -2.25. The van der Waals surface area contributed by atoms with Gasteiger partial charge in [-0.3, -0.25) is 0 Å². The first-order valence-electron chi connectivity index (χ1n) is 10.1. The summed E-state index contributed by atoms with van der Waals surface area (Å²) in [6.45, 7) is 19.5. The minimum Gasteiger partial charge on any atom is -0.390 e. The molecule has 3 unspecified atom stereocenters. The summed E-state index contributed by atoms with van der Waals surface area (Å²) in [4.78, 5) is 11.1. The van der Waals surface area contributed by atoms with Gasteiger partial charge in [-0.15, -0.1) is 0 Å². The van der Waals surface area contributed by atoms with Crippen LogP contribution < -0.4 is 0 Å². The summed E-state index contributed by atoms with van der Waals surface area (Å²) in [5.74, 6) is -0.636. The standard InChI is InChI=1S/C21H42O6/c1-16(2)23-12-10-18(4,5)15-25-26-17(3)14-20(8)21(9,27-20)24-13-11-19(6,7)22/h16-17,22H,10-15H2,1-9H3. The van der Waals surface area contributed by atoms with Crippen LogP contribution in [-0.2, 0) is 24.0 Å². The molecule has 0 saturated carbocycles. The second-order valence-electron chi connectivity index (χ2n) is 9.90. The van der Waals surface area contributed by atoms with E-state index in [0.717, 1.165) is 13.0 Å². The average molecular weight is 391 g/mol. The molecule has 6 heteroatoms. The molecule has 0 aromatic rings. The summed E-state index contributed by atoms with van der Waals surface area (Å²) >= 11 is 0. The van der Waals surface area contributed by atoms with Gasteiger partial charge < -0.3 is 19.3 Å². The third kappa shape index (κ3) is 9.20. The van der Waals surface area contributed by atoms with Crippen molar-refractivity contribution in [2.45, 2.75) is 111 Å². The molecule has 162 valence electrons. The molecule has 1 saturated heterocycles. The van der Waals surface area contributed by atoms with E-state index in [2.05, 4.69) is 13.8 Å². The topological polar surface area (TPSA) is 69.7 Å². The zero-order chi connectivity index (χ0) is 20.9. The Morgan fingerprint density at radius 1 is 1.00 bits per heavy atom. The van der Waals surface area contributed by atoms with Crippen LogP contribution in [0, 0.1) is 5.41 Å². The van der Waals surface area contributed by atoms with Gasteiger partial charge in [0, 0.05) is 13.0 Å². The highest BCUT2D eigenvalue weighted by molar-refractivity contribution is 5.05. The van der Waals surface area contributed by atoms with Crippen LogP contribution >= 0.6 is 0 Å². The zero-order valence-corrected chi connectivity index (χ0v) is 18.9. The molecule has 0 aliphatic carbocycles. The molecular formula is C21H42O6. The van der Waals surface area contributed by atoms with Gasteiger partial charge in [-0.25, -0.2) is 9.78 Å². The van der Waals surface area contributed by atoms with Crippen LogP contribution in [0.4, 0.5) is 0 Å². The van der Waals surface area contributed by atoms with Crippen LogP contribution in [0.3, 0.4) is 0 Å². The van der Waals surface area contributed by atoms with Crippen molar-refractivity contribution in [3.8, 4) is 0 Å². The van der Waals surface area contributed by atoms with Crippen molar-refractivity contribution in [3.63, 3.8) is 0 Å². The van der Waals surface area contributed by atoms with E-state index < -0.39 is 17.0 Å². The van der Waals surface area contributed by atoms with Crippen LogP contribution in [-0.4, -0.2) is 54.1 Å². The molecule has 6 nitrogen and oxygen atoms in total. The van der Waals surface area contributed by atoms with Gasteiger partial charge in [0.05, 0.1) is 31.0 Å². The van der Waals surface area contributed by atoms with Crippen LogP contribution in [0.5, 0.6) is 0 Å². The smallest absolute Gasteiger partial charge is 0.195 e. The Bertz CT molecular complexity index is 444. The molecule has 0 aromatic carbocycles. The largest absolute Gasteiger partial charge is 0.390 e. The summed E-state index contributed by atoms with van der Waals surface area (Å²) in [6, 6.07) is 0. The predicted molar refractivity (Wildman–Crippen MR) is 105 cm³/mol. The number of hydrogen-bond acceptors (Lipinski definition) is 6. The normalized spacial score (nSPS) is 27.2. The van der Waals surface area contributed by atoms with E-state index in [-0.39, 0.29) is 17.6 Å². The Morgan fingerprint density at radius 3 is 2.19 bits per heavy atom. The number of rotatable bonds is 14. The molecule has 1 rings (SSSR count). The summed E-state index contributed by atoms with van der Waals surface area (Å²) in [7, 11) is 0. The fourth-order valence-electron chi connectivity index (χ4n) is 2.84. The first-order valence-corrected chi connectivity index (χ1v) is 10.1. The summed E-state index contributed by atoms with van der Waals surface area (Å²) in [5.41, 5.74) is -1.15. The van der Waals surface area contributed by atoms with Gasteiger partial charge in [0.2, 0.25) is 0 Å². The highest BCUT2D eigenvalue weighted by Gasteiger charge is 2.65. The first kappa shape index (κ1) is 24.8. The Hall–Kier alpha value is -0.240. The molecule has 27 heavy (non-hydrogen) atoms. The fourth-order valence-corrected chi connectivity index (χ4v) is 2.84. The van der Waals surface area contributed by atoms with Crippen molar-refractivity contribution in [1.29, 1.82) is 0 Å². The quantitative estimate of drug-likeness (QED) is 0.272. The molecule has 0 aromatic heterocycles. The van der Waals surface area contributed by atoms with Crippen molar-refractivity contribution >= 4 is 0 Å². The van der Waals surface area contributed by atoms with E-state index >= 15 is 0 Å². The Labute approximate surface area is 165 Å². The van der Waals surface area contributed by atoms with Gasteiger partial charge in [0.25, 0.3) is 0 Å². The molecule has 1 N–H and O–H groups in total. The van der Waals surface area contributed by atoms with Crippen molar-refractivity contribution in [3.05, 3.63) is 0 Å². The monoisotopic (exact) mass is 390 g/mol. The third-order valence-corrected chi connectivity index (χ3v) is 5.02. The van der Waals surface area contributed by atoms with Crippen molar-refractivity contribution in [2.24, 2.45) is 5.41 Å². The minimum absolute atomic E-state index is 0.0106. The fraction of sp³-hybridized carbons (Fsp3) is 1.00. The number of hydrogen-bond donors (Lipinski definition) is 1. The Balaban J connectivity index is 2.27. The molecule has 1 fully saturated rings. The van der Waals surface area contributed by atoms with Crippen LogP contribution in [0.15, 0.2) is 0 Å². The number of ether oxygens (including phenoxy) is 3. The lowest BCUT2D eigenvalue weighted by atomic mass is 9.91. The molecule has 0 spiro atoms. The first-order chi connectivity index (χ1) is 12.2. The molecular weight excluding hydrogens is 348 g/mol. The van der Waals surface area contributed by atoms with E-state index in [0.29, 0.717) is 26.1 Å². The lowest BCUT2D eigenvalue weighted by molar-refractivity contribution is -0.335. The Kier molecular flexibility index (Phi) is 8.73. The molecule has 1 aliphatic heterocycles. The van der Waals surface area contributed by atoms with Crippen LogP contribution in [0.1, 0.15) is 81.6 Å². The van der Waals surface area contributed by atoms with E-state index in [1.165, 1.54) is 0 Å². The second-order valence-corrected chi connectivity index (χ2v) is 9.90. The van der Waals surface area contributed by atoms with Crippen LogP contribution in [0.25, 0.3) is 0 Å². The number of epoxide rings is 1. The minimum atomic E-state index is -0.737. The highest BCUT2D eigenvalue weighted by Crippen LogP contribution is 2.51. The summed E-state index contributed by atoms with van der Waals surface area (Å²) in [6.07, 6.45) is 2.28. The van der Waals surface area contributed by atoms with Gasteiger partial charge in [-0.1, -0.05) is 13.8 Å². The molecule has 1 heterocycles. The van der Waals surface area contributed by atoms with E-state index in [9.17, 15) is 5.11 Å². The lowest BCUT2D eigenvalue weighted by Crippen LogP contribution is -2.30. The maximum Gasteiger partial charge on any atom is 0.195 e. The second kappa shape index (κ2) is 9.51. The maximum absolute atomic E-state index is 9.79. The van der Waals surface area contributed by atoms with Crippen molar-refractivity contribution < 1.29 is 29.1 Å². The van der Waals surface area contributed by atoms with E-state index in [4.69, 9.17) is 24.0 Å². The van der Waals surface area contributed by atoms with Gasteiger partial charge >= 0.3 is 0 Å². The predicted octanol–water partition coefficient (Wildman–Crippen LogP) is 4.24. The van der Waals surface area contributed by atoms with Crippen molar-refractivity contribution in [2.75, 3.05) is 19.8 Å². The van der Waals surface area contributed by atoms with Gasteiger partial charge in [0.15, 0.2) is 5.79 Å². The van der Waals surface area contributed by atoms with Crippen molar-refractivity contribution in [1.82, 2.24) is 0 Å². The number of aliphatic hydroxyl groups is 1. The summed E-state index contributed by atoms with van der Waals surface area (Å²) in [5, 5.41) is 9.79. The molecule has 0 amide bonds. The van der Waals surface area contributed by atoms with Gasteiger partial charge in [-0.05, 0) is 66.7 Å².